The molecule has 3 rings (SSSR count). The summed E-state index contributed by atoms with van der Waals surface area (Å²) >= 11 is 1.63. The molecular weight excluding hydrogens is 370 g/mol. The zero-order chi connectivity index (χ0) is 19.8. The van der Waals surface area contributed by atoms with Gasteiger partial charge in [0.2, 0.25) is 11.8 Å². The molecule has 1 unspecified atom stereocenters. The Morgan fingerprint density at radius 1 is 1.29 bits per heavy atom. The maximum Gasteiger partial charge on any atom is 0.227 e. The maximum absolute atomic E-state index is 12.5. The van der Waals surface area contributed by atoms with Gasteiger partial charge in [-0.3, -0.25) is 14.6 Å². The molecule has 0 aromatic carbocycles. The number of likely N-dealkylation sites (N-methyl/N-ethyl adjacent to an activating group) is 1. The SMILES string of the molecule is CN(CCc1ccccn1)C(=O)CCC1CCCN(C(=O)Cc2cccs2)C1. The average Bonchev–Trinajstić information content (AvgIpc) is 3.24. The van der Waals surface area contributed by atoms with Gasteiger partial charge < -0.3 is 9.80 Å². The van der Waals surface area contributed by atoms with Crippen molar-refractivity contribution in [2.75, 3.05) is 26.7 Å². The highest BCUT2D eigenvalue weighted by atomic mass is 32.1. The highest BCUT2D eigenvalue weighted by molar-refractivity contribution is 7.10. The normalized spacial score (nSPS) is 16.8. The van der Waals surface area contributed by atoms with Crippen LogP contribution in [0, 0.1) is 5.92 Å². The summed E-state index contributed by atoms with van der Waals surface area (Å²) in [6.45, 7) is 2.32. The minimum atomic E-state index is 0.179. The molecule has 2 aromatic rings. The third-order valence-corrected chi connectivity index (χ3v) is 6.28. The number of rotatable bonds is 8. The Morgan fingerprint density at radius 3 is 2.93 bits per heavy atom. The van der Waals surface area contributed by atoms with Gasteiger partial charge in [-0.15, -0.1) is 11.3 Å². The molecule has 1 fully saturated rings. The van der Waals surface area contributed by atoms with E-state index in [9.17, 15) is 9.59 Å². The summed E-state index contributed by atoms with van der Waals surface area (Å²) in [5.74, 6) is 0.818. The van der Waals surface area contributed by atoms with Gasteiger partial charge in [-0.2, -0.15) is 0 Å². The Balaban J connectivity index is 1.39. The molecule has 150 valence electrons. The molecule has 0 radical (unpaired) electrons. The maximum atomic E-state index is 12.5. The van der Waals surface area contributed by atoms with Crippen LogP contribution in [0.25, 0.3) is 0 Å². The largest absolute Gasteiger partial charge is 0.345 e. The number of nitrogens with zero attached hydrogens (tertiary/aromatic N) is 3. The van der Waals surface area contributed by atoms with Gasteiger partial charge in [0.15, 0.2) is 0 Å². The number of aromatic nitrogens is 1. The van der Waals surface area contributed by atoms with Crippen LogP contribution in [0.5, 0.6) is 0 Å². The summed E-state index contributed by atoms with van der Waals surface area (Å²) in [5, 5.41) is 2.01. The molecule has 5 nitrogen and oxygen atoms in total. The lowest BCUT2D eigenvalue weighted by molar-refractivity contribution is -0.132. The van der Waals surface area contributed by atoms with E-state index in [1.165, 1.54) is 0 Å². The van der Waals surface area contributed by atoms with Crippen LogP contribution in [0.15, 0.2) is 41.9 Å². The fourth-order valence-corrected chi connectivity index (χ4v) is 4.37. The number of likely N-dealkylation sites (tertiary alicyclic amines) is 1. The summed E-state index contributed by atoms with van der Waals surface area (Å²) in [4.78, 5) is 34.2. The Bertz CT molecular complexity index is 748. The van der Waals surface area contributed by atoms with Gasteiger partial charge in [-0.25, -0.2) is 0 Å². The van der Waals surface area contributed by atoms with E-state index < -0.39 is 0 Å². The molecule has 0 saturated carbocycles. The molecule has 2 aromatic heterocycles. The highest BCUT2D eigenvalue weighted by Crippen LogP contribution is 2.22. The minimum absolute atomic E-state index is 0.179. The summed E-state index contributed by atoms with van der Waals surface area (Å²) < 4.78 is 0. The Labute approximate surface area is 171 Å². The smallest absolute Gasteiger partial charge is 0.227 e. The molecule has 1 aliphatic heterocycles. The van der Waals surface area contributed by atoms with Crippen LogP contribution in [0.3, 0.4) is 0 Å². The predicted molar refractivity (Wildman–Crippen MR) is 112 cm³/mol. The number of piperidine rings is 1. The lowest BCUT2D eigenvalue weighted by atomic mass is 9.93. The van der Waals surface area contributed by atoms with E-state index in [-0.39, 0.29) is 11.8 Å². The molecule has 2 amide bonds. The van der Waals surface area contributed by atoms with E-state index >= 15 is 0 Å². The first-order valence-electron chi connectivity index (χ1n) is 10.1. The standard InChI is InChI=1S/C22H29N3O2S/c1-24(14-11-19-7-2-3-12-23-19)21(26)10-9-18-6-4-13-25(17-18)22(27)16-20-8-5-15-28-20/h2-3,5,7-8,12,15,18H,4,6,9-11,13-14,16-17H2,1H3. The lowest BCUT2D eigenvalue weighted by Gasteiger charge is -2.33. The van der Waals surface area contributed by atoms with Crippen molar-refractivity contribution in [1.82, 2.24) is 14.8 Å². The second-order valence-corrected chi connectivity index (χ2v) is 8.56. The molecule has 0 bridgehead atoms. The van der Waals surface area contributed by atoms with Gasteiger partial charge in [0, 0.05) is 56.3 Å². The third kappa shape index (κ3) is 6.16. The fraction of sp³-hybridized carbons (Fsp3) is 0.500. The molecule has 1 saturated heterocycles. The fourth-order valence-electron chi connectivity index (χ4n) is 3.67. The number of thiophene rings is 1. The number of carbonyl (C=O) groups excluding carboxylic acids is 2. The molecule has 6 heteroatoms. The van der Waals surface area contributed by atoms with Crippen LogP contribution >= 0.6 is 11.3 Å². The molecule has 1 aliphatic rings. The average molecular weight is 400 g/mol. The first kappa shape index (κ1) is 20.5. The van der Waals surface area contributed by atoms with Crippen LogP contribution < -0.4 is 0 Å². The van der Waals surface area contributed by atoms with Crippen molar-refractivity contribution >= 4 is 23.2 Å². The van der Waals surface area contributed by atoms with E-state index in [1.54, 1.807) is 22.4 Å². The van der Waals surface area contributed by atoms with Crippen molar-refractivity contribution in [1.29, 1.82) is 0 Å². The summed E-state index contributed by atoms with van der Waals surface area (Å²) in [7, 11) is 1.86. The number of hydrogen-bond acceptors (Lipinski definition) is 4. The minimum Gasteiger partial charge on any atom is -0.345 e. The van der Waals surface area contributed by atoms with Crippen molar-refractivity contribution in [3.05, 3.63) is 52.5 Å². The first-order chi connectivity index (χ1) is 13.6. The first-order valence-corrected chi connectivity index (χ1v) is 10.9. The zero-order valence-corrected chi connectivity index (χ0v) is 17.4. The molecular formula is C22H29N3O2S. The monoisotopic (exact) mass is 399 g/mol. The van der Waals surface area contributed by atoms with Crippen molar-refractivity contribution in [3.63, 3.8) is 0 Å². The second kappa shape index (κ2) is 10.4. The van der Waals surface area contributed by atoms with Gasteiger partial charge in [-0.1, -0.05) is 12.1 Å². The number of carbonyl (C=O) groups is 2. The van der Waals surface area contributed by atoms with E-state index in [1.807, 2.05) is 47.7 Å². The van der Waals surface area contributed by atoms with E-state index in [4.69, 9.17) is 0 Å². The van der Waals surface area contributed by atoms with Crippen LogP contribution in [-0.2, 0) is 22.4 Å². The number of amides is 2. The highest BCUT2D eigenvalue weighted by Gasteiger charge is 2.24. The summed E-state index contributed by atoms with van der Waals surface area (Å²) in [5.41, 5.74) is 1.01. The third-order valence-electron chi connectivity index (χ3n) is 5.40. The molecule has 0 N–H and O–H groups in total. The van der Waals surface area contributed by atoms with Crippen molar-refractivity contribution in [2.24, 2.45) is 5.92 Å². The number of pyridine rings is 1. The summed E-state index contributed by atoms with van der Waals surface area (Å²) in [6.07, 6.45) is 6.60. The van der Waals surface area contributed by atoms with Gasteiger partial charge in [0.1, 0.15) is 0 Å². The molecule has 0 spiro atoms. The Kier molecular flexibility index (Phi) is 7.60. The van der Waals surface area contributed by atoms with Gasteiger partial charge >= 0.3 is 0 Å². The van der Waals surface area contributed by atoms with E-state index in [0.717, 1.165) is 49.3 Å². The summed E-state index contributed by atoms with van der Waals surface area (Å²) in [6, 6.07) is 9.86. The topological polar surface area (TPSA) is 53.5 Å². The number of hydrogen-bond donors (Lipinski definition) is 0. The zero-order valence-electron chi connectivity index (χ0n) is 16.5. The van der Waals surface area contributed by atoms with Gasteiger partial charge in [0.05, 0.1) is 6.42 Å². The van der Waals surface area contributed by atoms with Crippen LogP contribution in [0.4, 0.5) is 0 Å². The molecule has 28 heavy (non-hydrogen) atoms. The van der Waals surface area contributed by atoms with E-state index in [2.05, 4.69) is 4.98 Å². The Morgan fingerprint density at radius 2 is 2.18 bits per heavy atom. The van der Waals surface area contributed by atoms with Crippen molar-refractivity contribution in [3.8, 4) is 0 Å². The lowest BCUT2D eigenvalue weighted by Crippen LogP contribution is -2.41. The van der Waals surface area contributed by atoms with Crippen molar-refractivity contribution in [2.45, 2.75) is 38.5 Å². The quantitative estimate of drug-likeness (QED) is 0.684. The molecule has 3 heterocycles. The Hall–Kier alpha value is -2.21. The predicted octanol–water partition coefficient (Wildman–Crippen LogP) is 3.41. The van der Waals surface area contributed by atoms with E-state index in [0.29, 0.717) is 25.3 Å². The van der Waals surface area contributed by atoms with Gasteiger partial charge in [-0.05, 0) is 48.8 Å². The van der Waals surface area contributed by atoms with Crippen LogP contribution in [-0.4, -0.2) is 53.3 Å². The van der Waals surface area contributed by atoms with Gasteiger partial charge in [0.25, 0.3) is 0 Å². The molecule has 0 aliphatic carbocycles. The van der Waals surface area contributed by atoms with Crippen LogP contribution in [0.1, 0.15) is 36.3 Å². The van der Waals surface area contributed by atoms with Crippen molar-refractivity contribution < 1.29 is 9.59 Å². The second-order valence-electron chi connectivity index (χ2n) is 7.53. The molecule has 1 atom stereocenters. The van der Waals surface area contributed by atoms with Crippen LogP contribution in [0.2, 0.25) is 0 Å².